The van der Waals surface area contributed by atoms with Gasteiger partial charge in [0.1, 0.15) is 5.82 Å². The van der Waals surface area contributed by atoms with Gasteiger partial charge in [-0.1, -0.05) is 6.92 Å². The highest BCUT2D eigenvalue weighted by Crippen LogP contribution is 2.23. The van der Waals surface area contributed by atoms with Gasteiger partial charge in [0.2, 0.25) is 0 Å². The van der Waals surface area contributed by atoms with E-state index < -0.39 is 4.92 Å². The van der Waals surface area contributed by atoms with Gasteiger partial charge in [0.15, 0.2) is 5.65 Å². The first-order chi connectivity index (χ1) is 9.69. The summed E-state index contributed by atoms with van der Waals surface area (Å²) in [5.74, 6) is 0.892. The van der Waals surface area contributed by atoms with Crippen molar-refractivity contribution in [3.05, 3.63) is 58.5 Å². The first-order valence-corrected chi connectivity index (χ1v) is 6.27. The van der Waals surface area contributed by atoms with Gasteiger partial charge in [0, 0.05) is 24.8 Å². The molecule has 0 saturated carbocycles. The number of nitrogens with zero attached hydrogens (tertiary/aromatic N) is 4. The molecule has 0 atom stereocenters. The third kappa shape index (κ3) is 2.01. The highest BCUT2D eigenvalue weighted by Gasteiger charge is 2.08. The molecule has 6 nitrogen and oxygen atoms in total. The van der Waals surface area contributed by atoms with E-state index in [1.54, 1.807) is 12.1 Å². The van der Waals surface area contributed by atoms with Crippen molar-refractivity contribution in [2.45, 2.75) is 13.3 Å². The molecule has 0 radical (unpaired) electrons. The van der Waals surface area contributed by atoms with Crippen LogP contribution in [-0.2, 0) is 6.42 Å². The van der Waals surface area contributed by atoms with Gasteiger partial charge in [0.25, 0.3) is 5.69 Å². The van der Waals surface area contributed by atoms with Crippen LogP contribution in [0.4, 0.5) is 5.69 Å². The molecule has 0 aliphatic carbocycles. The lowest BCUT2D eigenvalue weighted by molar-refractivity contribution is -0.384. The molecule has 6 heteroatoms. The molecule has 0 N–H and O–H groups in total. The molecule has 0 saturated heterocycles. The number of pyridine rings is 1. The van der Waals surface area contributed by atoms with Gasteiger partial charge in [-0.2, -0.15) is 0 Å². The summed E-state index contributed by atoms with van der Waals surface area (Å²) in [5.41, 5.74) is 2.79. The number of aryl methyl sites for hydroxylation is 1. The minimum atomic E-state index is -0.401. The Kier molecular flexibility index (Phi) is 2.90. The van der Waals surface area contributed by atoms with Crippen LogP contribution in [0.15, 0.2) is 42.6 Å². The molecular weight excluding hydrogens is 256 g/mol. The summed E-state index contributed by atoms with van der Waals surface area (Å²) < 4.78 is 1.94. The first-order valence-electron chi connectivity index (χ1n) is 6.27. The Morgan fingerprint density at radius 3 is 2.45 bits per heavy atom. The number of aromatic nitrogens is 3. The van der Waals surface area contributed by atoms with E-state index in [4.69, 9.17) is 0 Å². The Bertz CT molecular complexity index is 777. The molecule has 2 heterocycles. The monoisotopic (exact) mass is 268 g/mol. The van der Waals surface area contributed by atoms with Gasteiger partial charge >= 0.3 is 0 Å². The van der Waals surface area contributed by atoms with Crippen LogP contribution < -0.4 is 0 Å². The van der Waals surface area contributed by atoms with Crippen LogP contribution in [-0.4, -0.2) is 19.5 Å². The molecule has 0 spiro atoms. The molecule has 2 aromatic heterocycles. The standard InChI is InChI=1S/C14H12N4O2/c1-2-13-15-16-14-8-5-11(9-17(13)14)10-3-6-12(7-4-10)18(19)20/h3-9H,2H2,1H3. The fourth-order valence-electron chi connectivity index (χ4n) is 2.13. The predicted molar refractivity (Wildman–Crippen MR) is 74.5 cm³/mol. The third-order valence-corrected chi connectivity index (χ3v) is 3.20. The van der Waals surface area contributed by atoms with Crippen molar-refractivity contribution in [3.8, 4) is 11.1 Å². The molecule has 1 aromatic carbocycles. The lowest BCUT2D eigenvalue weighted by atomic mass is 10.1. The van der Waals surface area contributed by atoms with Crippen molar-refractivity contribution in [1.82, 2.24) is 14.6 Å². The van der Waals surface area contributed by atoms with Crippen molar-refractivity contribution in [1.29, 1.82) is 0 Å². The largest absolute Gasteiger partial charge is 0.286 e. The van der Waals surface area contributed by atoms with Crippen LogP contribution in [0.1, 0.15) is 12.7 Å². The first kappa shape index (κ1) is 12.3. The number of nitro benzene ring substituents is 1. The summed E-state index contributed by atoms with van der Waals surface area (Å²) in [6, 6.07) is 10.3. The number of fused-ring (bicyclic) bond motifs is 1. The lowest BCUT2D eigenvalue weighted by Gasteiger charge is -2.03. The SMILES string of the molecule is CCc1nnc2ccc(-c3ccc([N+](=O)[O-])cc3)cn12. The predicted octanol–water partition coefficient (Wildman–Crippen LogP) is 2.87. The van der Waals surface area contributed by atoms with Crippen molar-refractivity contribution < 1.29 is 4.92 Å². The zero-order valence-electron chi connectivity index (χ0n) is 10.9. The highest BCUT2D eigenvalue weighted by atomic mass is 16.6. The van der Waals surface area contributed by atoms with Crippen molar-refractivity contribution in [2.75, 3.05) is 0 Å². The topological polar surface area (TPSA) is 73.3 Å². The normalized spacial score (nSPS) is 10.8. The van der Waals surface area contributed by atoms with E-state index in [9.17, 15) is 10.1 Å². The van der Waals surface area contributed by atoms with Gasteiger partial charge in [0.05, 0.1) is 4.92 Å². The number of hydrogen-bond donors (Lipinski definition) is 0. The average molecular weight is 268 g/mol. The van der Waals surface area contributed by atoms with Crippen molar-refractivity contribution in [2.24, 2.45) is 0 Å². The molecule has 3 aromatic rings. The zero-order valence-corrected chi connectivity index (χ0v) is 10.9. The Morgan fingerprint density at radius 1 is 1.10 bits per heavy atom. The van der Waals surface area contributed by atoms with Crippen LogP contribution >= 0.6 is 0 Å². The number of non-ortho nitro benzene ring substituents is 1. The number of rotatable bonds is 3. The Hall–Kier alpha value is -2.76. The third-order valence-electron chi connectivity index (χ3n) is 3.20. The molecule has 100 valence electrons. The van der Waals surface area contributed by atoms with E-state index in [-0.39, 0.29) is 5.69 Å². The summed E-state index contributed by atoms with van der Waals surface area (Å²) >= 11 is 0. The second-order valence-electron chi connectivity index (χ2n) is 4.42. The van der Waals surface area contributed by atoms with E-state index in [1.165, 1.54) is 12.1 Å². The van der Waals surface area contributed by atoms with Crippen LogP contribution in [0.2, 0.25) is 0 Å². The van der Waals surface area contributed by atoms with E-state index >= 15 is 0 Å². The molecule has 3 rings (SSSR count). The summed E-state index contributed by atoms with van der Waals surface area (Å²) in [6.45, 7) is 2.02. The van der Waals surface area contributed by atoms with E-state index in [0.717, 1.165) is 29.0 Å². The van der Waals surface area contributed by atoms with Gasteiger partial charge in [-0.15, -0.1) is 10.2 Å². The molecule has 20 heavy (non-hydrogen) atoms. The molecular formula is C14H12N4O2. The second-order valence-corrected chi connectivity index (χ2v) is 4.42. The maximum atomic E-state index is 10.7. The molecule has 0 fully saturated rings. The summed E-state index contributed by atoms with van der Waals surface area (Å²) in [7, 11) is 0. The maximum absolute atomic E-state index is 10.7. The fourth-order valence-corrected chi connectivity index (χ4v) is 2.13. The minimum absolute atomic E-state index is 0.0911. The highest BCUT2D eigenvalue weighted by molar-refractivity contribution is 5.65. The number of benzene rings is 1. The van der Waals surface area contributed by atoms with Crippen molar-refractivity contribution >= 4 is 11.3 Å². The van der Waals surface area contributed by atoms with Crippen LogP contribution in [0, 0.1) is 10.1 Å². The zero-order chi connectivity index (χ0) is 14.1. The summed E-state index contributed by atoms with van der Waals surface area (Å²) in [5, 5.41) is 18.9. The maximum Gasteiger partial charge on any atom is 0.269 e. The molecule has 0 bridgehead atoms. The molecule has 0 amide bonds. The van der Waals surface area contributed by atoms with E-state index in [2.05, 4.69) is 10.2 Å². The van der Waals surface area contributed by atoms with Crippen LogP contribution in [0.25, 0.3) is 16.8 Å². The molecule has 0 unspecified atom stereocenters. The fraction of sp³-hybridized carbons (Fsp3) is 0.143. The average Bonchev–Trinajstić information content (AvgIpc) is 2.89. The summed E-state index contributed by atoms with van der Waals surface area (Å²) in [6.07, 6.45) is 2.75. The molecule has 0 aliphatic rings. The quantitative estimate of drug-likeness (QED) is 0.540. The molecule has 0 aliphatic heterocycles. The smallest absolute Gasteiger partial charge is 0.269 e. The minimum Gasteiger partial charge on any atom is -0.286 e. The Balaban J connectivity index is 2.07. The van der Waals surface area contributed by atoms with Crippen LogP contribution in [0.5, 0.6) is 0 Å². The number of nitro groups is 1. The van der Waals surface area contributed by atoms with Gasteiger partial charge in [-0.05, 0) is 35.4 Å². The van der Waals surface area contributed by atoms with Gasteiger partial charge in [-0.3, -0.25) is 14.5 Å². The van der Waals surface area contributed by atoms with Crippen LogP contribution in [0.3, 0.4) is 0 Å². The Labute approximate surface area is 114 Å². The van der Waals surface area contributed by atoms with E-state index in [0.29, 0.717) is 0 Å². The number of hydrogen-bond acceptors (Lipinski definition) is 4. The van der Waals surface area contributed by atoms with Crippen molar-refractivity contribution in [3.63, 3.8) is 0 Å². The lowest BCUT2D eigenvalue weighted by Crippen LogP contribution is -1.93. The van der Waals surface area contributed by atoms with E-state index in [1.807, 2.05) is 29.7 Å². The van der Waals surface area contributed by atoms with Gasteiger partial charge < -0.3 is 0 Å². The Morgan fingerprint density at radius 2 is 1.80 bits per heavy atom. The second kappa shape index (κ2) is 4.73. The summed E-state index contributed by atoms with van der Waals surface area (Å²) in [4.78, 5) is 10.3. The van der Waals surface area contributed by atoms with Gasteiger partial charge in [-0.25, -0.2) is 0 Å².